The van der Waals surface area contributed by atoms with Gasteiger partial charge in [0.2, 0.25) is 0 Å². The van der Waals surface area contributed by atoms with Crippen LogP contribution in [0.4, 0.5) is 0 Å². The minimum absolute atomic E-state index is 0.131. The number of hydrogen-bond acceptors (Lipinski definition) is 4. The Morgan fingerprint density at radius 1 is 1.17 bits per heavy atom. The van der Waals surface area contributed by atoms with E-state index in [1.54, 1.807) is 0 Å². The minimum atomic E-state index is 0.131. The summed E-state index contributed by atoms with van der Waals surface area (Å²) < 4.78 is 2.22. The molecule has 29 heavy (non-hydrogen) atoms. The first-order valence-corrected chi connectivity index (χ1v) is 10.8. The highest BCUT2D eigenvalue weighted by Crippen LogP contribution is 2.42. The molecule has 1 aliphatic carbocycles. The number of aromatic amines is 1. The monoisotopic (exact) mass is 402 g/mol. The van der Waals surface area contributed by atoms with Gasteiger partial charge in [0.1, 0.15) is 0 Å². The van der Waals surface area contributed by atoms with E-state index in [0.717, 1.165) is 51.4 Å². The number of rotatable bonds is 6. The molecular formula is C23H22N4OS. The average Bonchev–Trinajstić information content (AvgIpc) is 3.32. The molecule has 2 aromatic carbocycles. The molecule has 0 unspecified atom stereocenters. The number of benzene rings is 2. The van der Waals surface area contributed by atoms with E-state index in [4.69, 9.17) is 0 Å². The van der Waals surface area contributed by atoms with Crippen LogP contribution < -0.4 is 0 Å². The topological polar surface area (TPSA) is 63.6 Å². The second kappa shape index (κ2) is 7.19. The fourth-order valence-electron chi connectivity index (χ4n) is 3.81. The molecule has 2 heterocycles. The number of Topliss-reactive ketones (excluding diaryl/α,β-unsaturated/α-hetero) is 1. The van der Waals surface area contributed by atoms with Crippen molar-refractivity contribution in [2.24, 2.45) is 0 Å². The maximum atomic E-state index is 12.8. The summed E-state index contributed by atoms with van der Waals surface area (Å²) in [5.74, 6) is 1.38. The van der Waals surface area contributed by atoms with Gasteiger partial charge in [-0.15, -0.1) is 10.2 Å². The first kappa shape index (κ1) is 18.2. The largest absolute Gasteiger partial charge is 0.360 e. The molecule has 6 heteroatoms. The van der Waals surface area contributed by atoms with Crippen molar-refractivity contribution in [3.8, 4) is 11.4 Å². The van der Waals surface area contributed by atoms with Crippen LogP contribution in [-0.2, 0) is 0 Å². The van der Waals surface area contributed by atoms with Gasteiger partial charge in [-0.05, 0) is 38.3 Å². The van der Waals surface area contributed by atoms with E-state index in [1.807, 2.05) is 44.3 Å². The lowest BCUT2D eigenvalue weighted by Crippen LogP contribution is -2.07. The number of carbonyl (C=O) groups excluding carboxylic acids is 1. The summed E-state index contributed by atoms with van der Waals surface area (Å²) in [6.07, 6.45) is 4.26. The lowest BCUT2D eigenvalue weighted by Gasteiger charge is -2.09. The summed E-state index contributed by atoms with van der Waals surface area (Å²) in [6.45, 7) is 4.03. The van der Waals surface area contributed by atoms with Gasteiger partial charge in [-0.3, -0.25) is 9.36 Å². The number of carbonyl (C=O) groups is 1. The van der Waals surface area contributed by atoms with Gasteiger partial charge in [-0.25, -0.2) is 0 Å². The first-order valence-electron chi connectivity index (χ1n) is 9.86. The van der Waals surface area contributed by atoms with Gasteiger partial charge < -0.3 is 4.98 Å². The molecule has 1 saturated carbocycles. The lowest BCUT2D eigenvalue weighted by atomic mass is 10.0. The second-order valence-electron chi connectivity index (χ2n) is 7.69. The van der Waals surface area contributed by atoms with Crippen molar-refractivity contribution in [1.29, 1.82) is 0 Å². The first-order chi connectivity index (χ1) is 14.1. The van der Waals surface area contributed by atoms with E-state index in [0.29, 0.717) is 11.8 Å². The highest BCUT2D eigenvalue weighted by Gasteiger charge is 2.31. The van der Waals surface area contributed by atoms with Crippen LogP contribution in [0.3, 0.4) is 0 Å². The van der Waals surface area contributed by atoms with Gasteiger partial charge in [-0.1, -0.05) is 53.7 Å². The Bertz CT molecular complexity index is 1220. The number of nitrogens with zero attached hydrogens (tertiary/aromatic N) is 3. The van der Waals surface area contributed by atoms with E-state index >= 15 is 0 Å². The lowest BCUT2D eigenvalue weighted by molar-refractivity contribution is 0.102. The zero-order valence-corrected chi connectivity index (χ0v) is 17.3. The van der Waals surface area contributed by atoms with Gasteiger partial charge in [0.05, 0.1) is 5.75 Å². The number of ketones is 1. The molecule has 0 amide bonds. The number of hydrogen-bond donors (Lipinski definition) is 1. The number of nitrogens with one attached hydrogen (secondary N) is 1. The van der Waals surface area contributed by atoms with Crippen molar-refractivity contribution in [3.05, 3.63) is 65.4 Å². The highest BCUT2D eigenvalue weighted by molar-refractivity contribution is 7.99. The van der Waals surface area contributed by atoms with Crippen LogP contribution in [0.5, 0.6) is 0 Å². The summed E-state index contributed by atoms with van der Waals surface area (Å²) in [5, 5.41) is 10.9. The van der Waals surface area contributed by atoms with Crippen molar-refractivity contribution in [2.45, 2.75) is 37.9 Å². The van der Waals surface area contributed by atoms with Crippen LogP contribution in [-0.4, -0.2) is 31.3 Å². The van der Waals surface area contributed by atoms with Crippen LogP contribution in [0.25, 0.3) is 22.3 Å². The molecule has 1 N–H and O–H groups in total. The maximum Gasteiger partial charge on any atom is 0.192 e. The zero-order valence-electron chi connectivity index (χ0n) is 16.5. The summed E-state index contributed by atoms with van der Waals surface area (Å²) in [4.78, 5) is 16.1. The number of para-hydroxylation sites is 1. The van der Waals surface area contributed by atoms with Gasteiger partial charge in [-0.2, -0.15) is 0 Å². The number of H-pyrrole nitrogens is 1. The molecule has 1 fully saturated rings. The van der Waals surface area contributed by atoms with E-state index in [1.165, 1.54) is 17.3 Å². The molecule has 5 rings (SSSR count). The Labute approximate surface area is 173 Å². The van der Waals surface area contributed by atoms with Gasteiger partial charge >= 0.3 is 0 Å². The Morgan fingerprint density at radius 2 is 2.00 bits per heavy atom. The molecule has 0 saturated heterocycles. The van der Waals surface area contributed by atoms with Crippen molar-refractivity contribution >= 4 is 28.4 Å². The Kier molecular flexibility index (Phi) is 4.51. The van der Waals surface area contributed by atoms with E-state index in [9.17, 15) is 4.79 Å². The predicted octanol–water partition coefficient (Wildman–Crippen LogP) is 5.35. The Balaban J connectivity index is 1.44. The van der Waals surface area contributed by atoms with Crippen LogP contribution in [0.15, 0.2) is 53.8 Å². The minimum Gasteiger partial charge on any atom is -0.360 e. The molecule has 0 bridgehead atoms. The van der Waals surface area contributed by atoms with Crippen LogP contribution in [0.1, 0.15) is 40.4 Å². The summed E-state index contributed by atoms with van der Waals surface area (Å²) in [6, 6.07) is 14.6. The molecule has 146 valence electrons. The van der Waals surface area contributed by atoms with Crippen LogP contribution in [0.2, 0.25) is 0 Å². The van der Waals surface area contributed by atoms with Gasteiger partial charge in [0.15, 0.2) is 16.8 Å². The highest BCUT2D eigenvalue weighted by atomic mass is 32.2. The third kappa shape index (κ3) is 3.38. The van der Waals surface area contributed by atoms with E-state index in [-0.39, 0.29) is 5.78 Å². The fraction of sp³-hybridized carbons (Fsp3) is 0.261. The summed E-state index contributed by atoms with van der Waals surface area (Å²) in [7, 11) is 0. The van der Waals surface area contributed by atoms with Crippen molar-refractivity contribution in [2.75, 3.05) is 5.75 Å². The Hall–Kier alpha value is -2.86. The van der Waals surface area contributed by atoms with Gasteiger partial charge in [0.25, 0.3) is 0 Å². The normalized spacial score (nSPS) is 13.9. The molecule has 4 aromatic rings. The van der Waals surface area contributed by atoms with E-state index in [2.05, 4.69) is 37.9 Å². The molecule has 0 atom stereocenters. The van der Waals surface area contributed by atoms with Crippen molar-refractivity contribution in [3.63, 3.8) is 0 Å². The Morgan fingerprint density at radius 3 is 2.79 bits per heavy atom. The molecule has 2 aromatic heterocycles. The molecular weight excluding hydrogens is 380 g/mol. The maximum absolute atomic E-state index is 12.8. The summed E-state index contributed by atoms with van der Waals surface area (Å²) in [5.41, 5.74) is 5.14. The SMILES string of the molecule is Cc1ccc(C(=O)CSc2nnc(-c3c[nH]c4ccccc34)n2C2CC2)c(C)c1. The number of thioether (sulfide) groups is 1. The third-order valence-corrected chi connectivity index (χ3v) is 6.36. The van der Waals surface area contributed by atoms with E-state index < -0.39 is 0 Å². The number of aromatic nitrogens is 4. The number of fused-ring (bicyclic) bond motifs is 1. The molecule has 0 radical (unpaired) electrons. The summed E-state index contributed by atoms with van der Waals surface area (Å²) >= 11 is 1.48. The average molecular weight is 403 g/mol. The third-order valence-electron chi connectivity index (χ3n) is 5.42. The molecule has 5 nitrogen and oxygen atoms in total. The quantitative estimate of drug-likeness (QED) is 0.349. The fourth-order valence-corrected chi connectivity index (χ4v) is 4.70. The predicted molar refractivity (Wildman–Crippen MR) is 117 cm³/mol. The molecule has 0 spiro atoms. The second-order valence-corrected chi connectivity index (χ2v) is 8.63. The van der Waals surface area contributed by atoms with Crippen LogP contribution >= 0.6 is 11.8 Å². The van der Waals surface area contributed by atoms with Crippen molar-refractivity contribution in [1.82, 2.24) is 19.7 Å². The standard InChI is InChI=1S/C23H22N4OS/c1-14-7-10-17(15(2)11-14)21(28)13-29-23-26-25-22(27(23)16-8-9-16)19-12-24-20-6-4-3-5-18(19)20/h3-7,10-12,16,24H,8-9,13H2,1-2H3. The smallest absolute Gasteiger partial charge is 0.192 e. The zero-order chi connectivity index (χ0) is 20.0. The molecule has 1 aliphatic rings. The van der Waals surface area contributed by atoms with Gasteiger partial charge in [0, 0.05) is 34.3 Å². The van der Waals surface area contributed by atoms with Crippen LogP contribution in [0, 0.1) is 13.8 Å². The molecule has 0 aliphatic heterocycles. The number of aryl methyl sites for hydroxylation is 2. The van der Waals surface area contributed by atoms with Crippen molar-refractivity contribution < 1.29 is 4.79 Å².